The van der Waals surface area contributed by atoms with E-state index in [1.54, 1.807) is 0 Å². The third kappa shape index (κ3) is 4.29. The van der Waals surface area contributed by atoms with Gasteiger partial charge in [-0.3, -0.25) is 0 Å². The maximum absolute atomic E-state index is 6.54. The van der Waals surface area contributed by atoms with Crippen molar-refractivity contribution in [3.05, 3.63) is 69.7 Å². The van der Waals surface area contributed by atoms with Crippen molar-refractivity contribution >= 4 is 11.6 Å². The van der Waals surface area contributed by atoms with Crippen molar-refractivity contribution < 1.29 is 0 Å². The predicted molar refractivity (Wildman–Crippen MR) is 110 cm³/mol. The highest BCUT2D eigenvalue weighted by molar-refractivity contribution is 6.31. The van der Waals surface area contributed by atoms with E-state index in [4.69, 9.17) is 11.6 Å². The molecule has 1 aliphatic rings. The Balaban J connectivity index is 1.84. The van der Waals surface area contributed by atoms with Crippen LogP contribution in [0.3, 0.4) is 0 Å². The molecule has 0 saturated heterocycles. The number of rotatable bonds is 4. The summed E-state index contributed by atoms with van der Waals surface area (Å²) in [5.41, 5.74) is 5.48. The summed E-state index contributed by atoms with van der Waals surface area (Å²) in [4.78, 5) is 0. The minimum atomic E-state index is 0.664. The van der Waals surface area contributed by atoms with Crippen LogP contribution in [-0.4, -0.2) is 0 Å². The molecule has 0 aromatic heterocycles. The third-order valence-corrected chi connectivity index (χ3v) is 6.66. The molecule has 1 aliphatic carbocycles. The van der Waals surface area contributed by atoms with Crippen LogP contribution in [-0.2, 0) is 12.8 Å². The molecule has 0 spiro atoms. The van der Waals surface area contributed by atoms with Crippen molar-refractivity contribution in [3.63, 3.8) is 0 Å². The van der Waals surface area contributed by atoms with Crippen molar-refractivity contribution in [1.82, 2.24) is 0 Å². The second-order valence-corrected chi connectivity index (χ2v) is 8.62. The van der Waals surface area contributed by atoms with Gasteiger partial charge in [0.2, 0.25) is 0 Å². The number of hydrogen-bond donors (Lipinski definition) is 0. The Morgan fingerprint density at radius 1 is 0.920 bits per heavy atom. The molecule has 1 saturated carbocycles. The van der Waals surface area contributed by atoms with E-state index in [1.807, 2.05) is 0 Å². The van der Waals surface area contributed by atoms with Crippen LogP contribution in [0.15, 0.2) is 42.5 Å². The van der Waals surface area contributed by atoms with Gasteiger partial charge in [-0.2, -0.15) is 0 Å². The van der Waals surface area contributed by atoms with Crippen LogP contribution in [0.4, 0.5) is 0 Å². The summed E-state index contributed by atoms with van der Waals surface area (Å²) in [6, 6.07) is 15.7. The Kier molecular flexibility index (Phi) is 5.89. The minimum absolute atomic E-state index is 0.664. The molecular weight excluding hydrogens is 324 g/mol. The highest BCUT2D eigenvalue weighted by Gasteiger charge is 2.31. The van der Waals surface area contributed by atoms with E-state index in [2.05, 4.69) is 70.2 Å². The van der Waals surface area contributed by atoms with Gasteiger partial charge in [-0.1, -0.05) is 75.7 Å². The van der Waals surface area contributed by atoms with E-state index in [1.165, 1.54) is 35.1 Å². The minimum Gasteiger partial charge on any atom is -0.0840 e. The number of aryl methyl sites for hydroxylation is 1. The number of hydrogen-bond acceptors (Lipinski definition) is 0. The number of benzene rings is 2. The second kappa shape index (κ2) is 7.96. The Labute approximate surface area is 158 Å². The molecule has 2 aromatic rings. The first-order valence-electron chi connectivity index (χ1n) is 9.84. The van der Waals surface area contributed by atoms with Gasteiger partial charge in [0.1, 0.15) is 0 Å². The second-order valence-electron chi connectivity index (χ2n) is 8.22. The highest BCUT2D eigenvalue weighted by Crippen LogP contribution is 2.44. The summed E-state index contributed by atoms with van der Waals surface area (Å²) in [6.45, 7) is 9.45. The van der Waals surface area contributed by atoms with Gasteiger partial charge in [-0.25, -0.2) is 0 Å². The molecule has 1 fully saturated rings. The van der Waals surface area contributed by atoms with Gasteiger partial charge in [0.15, 0.2) is 0 Å². The van der Waals surface area contributed by atoms with Crippen LogP contribution in [0.1, 0.15) is 68.7 Å². The first-order chi connectivity index (χ1) is 12.0. The summed E-state index contributed by atoms with van der Waals surface area (Å²) >= 11 is 6.54. The Morgan fingerprint density at radius 3 is 2.28 bits per heavy atom. The lowest BCUT2D eigenvalue weighted by Crippen LogP contribution is -2.27. The topological polar surface area (TPSA) is 0 Å². The van der Waals surface area contributed by atoms with Gasteiger partial charge in [0, 0.05) is 5.02 Å². The SMILES string of the molecule is CCc1ccc(Cc2cc(C3CC(C)CC(C)C3C)ccc2Cl)cc1. The molecule has 0 amide bonds. The van der Waals surface area contributed by atoms with Gasteiger partial charge in [-0.15, -0.1) is 0 Å². The summed E-state index contributed by atoms with van der Waals surface area (Å²) in [5.74, 6) is 3.03. The molecule has 3 rings (SSSR count). The molecule has 4 atom stereocenters. The van der Waals surface area contributed by atoms with Gasteiger partial charge in [-0.05, 0) is 77.7 Å². The van der Waals surface area contributed by atoms with Crippen LogP contribution < -0.4 is 0 Å². The number of halogens is 1. The molecule has 1 heteroatoms. The van der Waals surface area contributed by atoms with Crippen molar-refractivity contribution in [1.29, 1.82) is 0 Å². The molecule has 134 valence electrons. The lowest BCUT2D eigenvalue weighted by Gasteiger charge is -2.38. The van der Waals surface area contributed by atoms with E-state index in [0.717, 1.165) is 35.6 Å². The largest absolute Gasteiger partial charge is 0.0840 e. The average Bonchev–Trinajstić information content (AvgIpc) is 2.61. The molecular formula is C24H31Cl. The maximum atomic E-state index is 6.54. The molecule has 0 N–H and O–H groups in total. The molecule has 0 heterocycles. The zero-order chi connectivity index (χ0) is 18.0. The molecule has 0 nitrogen and oxygen atoms in total. The van der Waals surface area contributed by atoms with E-state index >= 15 is 0 Å². The normalized spacial score (nSPS) is 26.6. The molecule has 2 aromatic carbocycles. The van der Waals surface area contributed by atoms with Gasteiger partial charge in [0.05, 0.1) is 0 Å². The summed E-state index contributed by atoms with van der Waals surface area (Å²) in [5, 5.41) is 0.896. The van der Waals surface area contributed by atoms with Crippen molar-refractivity contribution in [2.45, 2.75) is 59.3 Å². The van der Waals surface area contributed by atoms with Gasteiger partial charge < -0.3 is 0 Å². The van der Waals surface area contributed by atoms with Crippen LogP contribution in [0.2, 0.25) is 5.02 Å². The zero-order valence-electron chi connectivity index (χ0n) is 16.1. The first kappa shape index (κ1) is 18.5. The average molecular weight is 355 g/mol. The smallest absolute Gasteiger partial charge is 0.0441 e. The summed E-state index contributed by atoms with van der Waals surface area (Å²) in [7, 11) is 0. The van der Waals surface area contributed by atoms with Gasteiger partial charge in [0.25, 0.3) is 0 Å². The molecule has 0 radical (unpaired) electrons. The van der Waals surface area contributed by atoms with Crippen LogP contribution >= 0.6 is 11.6 Å². The summed E-state index contributed by atoms with van der Waals surface area (Å²) < 4.78 is 0. The lowest BCUT2D eigenvalue weighted by atomic mass is 9.67. The quantitative estimate of drug-likeness (QED) is 0.541. The van der Waals surface area contributed by atoms with E-state index in [-0.39, 0.29) is 0 Å². The maximum Gasteiger partial charge on any atom is 0.0441 e. The summed E-state index contributed by atoms with van der Waals surface area (Å²) in [6.07, 6.45) is 4.68. The predicted octanol–water partition coefficient (Wildman–Crippen LogP) is 7.28. The molecule has 4 unspecified atom stereocenters. The third-order valence-electron chi connectivity index (χ3n) is 6.29. The van der Waals surface area contributed by atoms with E-state index in [0.29, 0.717) is 5.92 Å². The van der Waals surface area contributed by atoms with E-state index < -0.39 is 0 Å². The standard InChI is InChI=1S/C24H31Cl/c1-5-19-6-8-20(9-7-19)14-22-15-21(10-11-24(22)25)23-13-16(2)12-17(3)18(23)4/h6-11,15-18,23H,5,12-14H2,1-4H3. The van der Waals surface area contributed by atoms with Crippen molar-refractivity contribution in [2.24, 2.45) is 17.8 Å². The molecule has 0 bridgehead atoms. The van der Waals surface area contributed by atoms with Crippen molar-refractivity contribution in [2.75, 3.05) is 0 Å². The van der Waals surface area contributed by atoms with Gasteiger partial charge >= 0.3 is 0 Å². The first-order valence-corrected chi connectivity index (χ1v) is 10.2. The fourth-order valence-corrected chi connectivity index (χ4v) is 4.69. The van der Waals surface area contributed by atoms with Crippen molar-refractivity contribution in [3.8, 4) is 0 Å². The lowest BCUT2D eigenvalue weighted by molar-refractivity contribution is 0.187. The fourth-order valence-electron chi connectivity index (χ4n) is 4.50. The monoisotopic (exact) mass is 354 g/mol. The van der Waals surface area contributed by atoms with E-state index in [9.17, 15) is 0 Å². The van der Waals surface area contributed by atoms with Crippen LogP contribution in [0.5, 0.6) is 0 Å². The highest BCUT2D eigenvalue weighted by atomic mass is 35.5. The zero-order valence-corrected chi connectivity index (χ0v) is 16.8. The van der Waals surface area contributed by atoms with Crippen LogP contribution in [0, 0.1) is 17.8 Å². The fraction of sp³-hybridized carbons (Fsp3) is 0.500. The Morgan fingerprint density at radius 2 is 1.60 bits per heavy atom. The van der Waals surface area contributed by atoms with Crippen LogP contribution in [0.25, 0.3) is 0 Å². The molecule has 25 heavy (non-hydrogen) atoms. The molecule has 0 aliphatic heterocycles. The Hall–Kier alpha value is -1.27. The Bertz CT molecular complexity index is 701.